The number of carbonyl (C=O) groups excluding carboxylic acids is 1. The maximum absolute atomic E-state index is 13.3. The molecular formula is C21H28N8O. The first kappa shape index (κ1) is 20.1. The van der Waals surface area contributed by atoms with E-state index in [4.69, 9.17) is 11.6 Å². The van der Waals surface area contributed by atoms with Gasteiger partial charge in [0, 0.05) is 67.5 Å². The van der Waals surface area contributed by atoms with Gasteiger partial charge in [-0.15, -0.1) is 0 Å². The van der Waals surface area contributed by atoms with Crippen LogP contribution in [0.15, 0.2) is 30.6 Å². The first-order valence-electron chi connectivity index (χ1n) is 10.1. The highest BCUT2D eigenvalue weighted by atomic mass is 16.2. The third kappa shape index (κ3) is 3.80. The average molecular weight is 409 g/mol. The van der Waals surface area contributed by atoms with Gasteiger partial charge in [-0.05, 0) is 39.0 Å². The number of pyridine rings is 1. The number of likely N-dealkylation sites (tertiary alicyclic amines) is 1. The largest absolute Gasteiger partial charge is 0.403 e. The number of nitrogens with two attached hydrogens (primary N) is 2. The fourth-order valence-electron chi connectivity index (χ4n) is 4.41. The molecule has 0 spiro atoms. The Morgan fingerprint density at radius 3 is 2.27 bits per heavy atom. The van der Waals surface area contributed by atoms with Crippen molar-refractivity contribution in [2.24, 2.45) is 23.4 Å². The Kier molecular flexibility index (Phi) is 5.29. The van der Waals surface area contributed by atoms with Crippen LogP contribution in [0.2, 0.25) is 0 Å². The Labute approximate surface area is 176 Å². The van der Waals surface area contributed by atoms with Gasteiger partial charge in [0.25, 0.3) is 5.91 Å². The molecule has 2 unspecified atom stereocenters. The maximum atomic E-state index is 13.3. The Morgan fingerprint density at radius 2 is 1.67 bits per heavy atom. The van der Waals surface area contributed by atoms with Gasteiger partial charge in [-0.2, -0.15) is 0 Å². The third-order valence-corrected chi connectivity index (χ3v) is 5.76. The summed E-state index contributed by atoms with van der Waals surface area (Å²) in [7, 11) is 0. The van der Waals surface area contributed by atoms with Gasteiger partial charge in [0.2, 0.25) is 5.95 Å². The molecular weight excluding hydrogens is 380 g/mol. The van der Waals surface area contributed by atoms with Gasteiger partial charge in [-0.25, -0.2) is 20.8 Å². The van der Waals surface area contributed by atoms with Crippen molar-refractivity contribution < 1.29 is 4.79 Å². The number of fused-ring (bicyclic) bond motifs is 1. The normalized spacial score (nSPS) is 20.8. The molecule has 2 aromatic rings. The molecule has 0 saturated carbocycles. The number of rotatable bonds is 4. The van der Waals surface area contributed by atoms with Gasteiger partial charge in [-0.3, -0.25) is 9.80 Å². The first-order valence-corrected chi connectivity index (χ1v) is 10.1. The lowest BCUT2D eigenvalue weighted by molar-refractivity contribution is 0.0783. The fraction of sp³-hybridized carbons (Fsp3) is 0.429. The molecule has 2 saturated heterocycles. The SMILES string of the molecule is Cc1cc(C)nc(N2CC3CN(C(=O)c4ccc(C)nc4N(N)/C=C\N)CC3C2)n1. The van der Waals surface area contributed by atoms with Gasteiger partial charge >= 0.3 is 0 Å². The van der Waals surface area contributed by atoms with Crippen molar-refractivity contribution in [2.45, 2.75) is 20.8 Å². The minimum atomic E-state index is -0.0537. The lowest BCUT2D eigenvalue weighted by Crippen LogP contribution is -2.36. The Morgan fingerprint density at radius 1 is 1.03 bits per heavy atom. The Hall–Kier alpha value is -3.20. The topological polar surface area (TPSA) is 118 Å². The summed E-state index contributed by atoms with van der Waals surface area (Å²) < 4.78 is 0. The van der Waals surface area contributed by atoms with Crippen LogP contribution < -0.4 is 21.5 Å². The van der Waals surface area contributed by atoms with Crippen molar-refractivity contribution >= 4 is 17.7 Å². The van der Waals surface area contributed by atoms with Crippen LogP contribution >= 0.6 is 0 Å². The van der Waals surface area contributed by atoms with E-state index in [-0.39, 0.29) is 5.91 Å². The number of carbonyl (C=O) groups is 1. The maximum Gasteiger partial charge on any atom is 0.257 e. The zero-order valence-electron chi connectivity index (χ0n) is 17.6. The van der Waals surface area contributed by atoms with E-state index in [0.717, 1.165) is 36.1 Å². The second-order valence-corrected chi connectivity index (χ2v) is 8.16. The van der Waals surface area contributed by atoms with Crippen molar-refractivity contribution in [1.82, 2.24) is 19.9 Å². The summed E-state index contributed by atoms with van der Waals surface area (Å²) in [5, 5.41) is 1.29. The van der Waals surface area contributed by atoms with E-state index < -0.39 is 0 Å². The predicted octanol–water partition coefficient (Wildman–Crippen LogP) is 1.12. The molecule has 2 fully saturated rings. The summed E-state index contributed by atoms with van der Waals surface area (Å²) in [5.74, 6) is 7.97. The summed E-state index contributed by atoms with van der Waals surface area (Å²) in [6.45, 7) is 8.96. The van der Waals surface area contributed by atoms with Gasteiger partial charge in [0.05, 0.1) is 5.56 Å². The number of hydrogen-bond donors (Lipinski definition) is 2. The molecule has 0 aromatic carbocycles. The van der Waals surface area contributed by atoms with Crippen LogP contribution in [0.5, 0.6) is 0 Å². The zero-order chi connectivity index (χ0) is 21.4. The van der Waals surface area contributed by atoms with Crippen LogP contribution in [0.4, 0.5) is 11.8 Å². The fourth-order valence-corrected chi connectivity index (χ4v) is 4.41. The molecule has 2 aliphatic heterocycles. The number of hydrazine groups is 1. The van der Waals surface area contributed by atoms with E-state index >= 15 is 0 Å². The molecule has 4 N–H and O–H groups in total. The molecule has 4 heterocycles. The lowest BCUT2D eigenvalue weighted by Gasteiger charge is -2.24. The van der Waals surface area contributed by atoms with E-state index in [0.29, 0.717) is 36.3 Å². The van der Waals surface area contributed by atoms with Crippen LogP contribution in [0.25, 0.3) is 0 Å². The minimum Gasteiger partial charge on any atom is -0.403 e. The van der Waals surface area contributed by atoms with Gasteiger partial charge < -0.3 is 15.5 Å². The Balaban J connectivity index is 1.49. The van der Waals surface area contributed by atoms with E-state index in [9.17, 15) is 4.79 Å². The summed E-state index contributed by atoms with van der Waals surface area (Å²) in [5.41, 5.74) is 8.67. The van der Waals surface area contributed by atoms with E-state index in [1.807, 2.05) is 37.8 Å². The predicted molar refractivity (Wildman–Crippen MR) is 116 cm³/mol. The third-order valence-electron chi connectivity index (χ3n) is 5.76. The van der Waals surface area contributed by atoms with E-state index in [1.54, 1.807) is 6.07 Å². The van der Waals surface area contributed by atoms with Crippen LogP contribution in [0.1, 0.15) is 27.4 Å². The number of nitrogens with zero attached hydrogens (tertiary/aromatic N) is 6. The quantitative estimate of drug-likeness (QED) is 0.571. The molecule has 9 heteroatoms. The molecule has 0 radical (unpaired) electrons. The molecule has 0 bridgehead atoms. The summed E-state index contributed by atoms with van der Waals surface area (Å²) in [6, 6.07) is 5.59. The van der Waals surface area contributed by atoms with Crippen LogP contribution in [-0.2, 0) is 0 Å². The van der Waals surface area contributed by atoms with Crippen molar-refractivity contribution in [3.63, 3.8) is 0 Å². The molecule has 158 valence electrons. The molecule has 1 amide bonds. The second-order valence-electron chi connectivity index (χ2n) is 8.16. The second kappa shape index (κ2) is 7.91. The molecule has 30 heavy (non-hydrogen) atoms. The molecule has 4 rings (SSSR count). The highest BCUT2D eigenvalue weighted by Gasteiger charge is 2.43. The molecule has 2 aliphatic rings. The van der Waals surface area contributed by atoms with Crippen molar-refractivity contribution in [2.75, 3.05) is 36.1 Å². The number of aromatic nitrogens is 3. The molecule has 2 atom stereocenters. The molecule has 9 nitrogen and oxygen atoms in total. The summed E-state index contributed by atoms with van der Waals surface area (Å²) in [6.07, 6.45) is 2.81. The van der Waals surface area contributed by atoms with E-state index in [1.165, 1.54) is 17.4 Å². The monoisotopic (exact) mass is 408 g/mol. The number of anilines is 2. The van der Waals surface area contributed by atoms with E-state index in [2.05, 4.69) is 19.9 Å². The van der Waals surface area contributed by atoms with Gasteiger partial charge in [0.1, 0.15) is 0 Å². The average Bonchev–Trinajstić information content (AvgIpc) is 3.26. The van der Waals surface area contributed by atoms with Crippen LogP contribution in [-0.4, -0.2) is 51.9 Å². The van der Waals surface area contributed by atoms with Crippen molar-refractivity contribution in [1.29, 1.82) is 0 Å². The highest BCUT2D eigenvalue weighted by molar-refractivity contribution is 5.99. The van der Waals surface area contributed by atoms with Crippen LogP contribution in [0.3, 0.4) is 0 Å². The Bertz CT molecular complexity index is 957. The number of hydrogen-bond acceptors (Lipinski definition) is 8. The zero-order valence-corrected chi connectivity index (χ0v) is 17.6. The highest BCUT2D eigenvalue weighted by Crippen LogP contribution is 2.34. The number of aryl methyl sites for hydroxylation is 3. The first-order chi connectivity index (χ1) is 14.4. The standard InChI is InChI=1S/C21H28N8O/c1-13-4-5-18(19(24-13)29(23)7-6-22)20(30)27-9-16-11-28(12-17(16)10-27)21-25-14(2)8-15(3)26-21/h4-8,16-17H,9-12,22-23H2,1-3H3/b7-6-. The van der Waals surface area contributed by atoms with Crippen molar-refractivity contribution in [3.05, 3.63) is 53.2 Å². The van der Waals surface area contributed by atoms with Gasteiger partial charge in [-0.1, -0.05) is 0 Å². The summed E-state index contributed by atoms with van der Waals surface area (Å²) >= 11 is 0. The smallest absolute Gasteiger partial charge is 0.257 e. The van der Waals surface area contributed by atoms with Crippen molar-refractivity contribution in [3.8, 4) is 0 Å². The number of amides is 1. The van der Waals surface area contributed by atoms with Gasteiger partial charge in [0.15, 0.2) is 5.82 Å². The molecule has 0 aliphatic carbocycles. The minimum absolute atomic E-state index is 0.0537. The summed E-state index contributed by atoms with van der Waals surface area (Å²) in [4.78, 5) is 31.0. The molecule has 2 aromatic heterocycles. The lowest BCUT2D eigenvalue weighted by atomic mass is 10.0. The van der Waals surface area contributed by atoms with Crippen LogP contribution in [0, 0.1) is 32.6 Å².